The fourth-order valence-electron chi connectivity index (χ4n) is 2.71. The molecule has 1 aliphatic heterocycles. The minimum Gasteiger partial charge on any atom is -0.353 e. The number of hydrogen-bond acceptors (Lipinski definition) is 6. The van der Waals surface area contributed by atoms with E-state index in [0.717, 1.165) is 18.0 Å². The van der Waals surface area contributed by atoms with E-state index in [-0.39, 0.29) is 12.0 Å². The Kier molecular flexibility index (Phi) is 4.44. The Bertz CT molecular complexity index is 814. The lowest BCUT2D eigenvalue weighted by atomic mass is 10.2. The molecule has 1 atom stereocenters. The zero-order valence-electron chi connectivity index (χ0n) is 13.4. The molecule has 9 heteroatoms. The molecule has 0 bridgehead atoms. The first kappa shape index (κ1) is 17.0. The number of pyridine rings is 1. The van der Waals surface area contributed by atoms with E-state index in [9.17, 15) is 18.4 Å². The molecular formula is C16H15F3N6. The molecular weight excluding hydrogens is 333 g/mol. The summed E-state index contributed by atoms with van der Waals surface area (Å²) in [7, 11) is 0. The molecule has 3 heterocycles. The number of alkyl halides is 3. The molecule has 1 fully saturated rings. The Morgan fingerprint density at radius 2 is 2.08 bits per heavy atom. The van der Waals surface area contributed by atoms with Gasteiger partial charge in [0.05, 0.1) is 5.56 Å². The van der Waals surface area contributed by atoms with Crippen molar-refractivity contribution < 1.29 is 13.2 Å². The number of nitriles is 1. The van der Waals surface area contributed by atoms with E-state index in [2.05, 4.69) is 26.3 Å². The highest BCUT2D eigenvalue weighted by Crippen LogP contribution is 2.28. The van der Waals surface area contributed by atoms with Crippen LogP contribution in [0.3, 0.4) is 0 Å². The van der Waals surface area contributed by atoms with E-state index >= 15 is 0 Å². The Morgan fingerprint density at radius 1 is 1.28 bits per heavy atom. The fraction of sp³-hybridized carbons (Fsp3) is 0.375. The van der Waals surface area contributed by atoms with Gasteiger partial charge in [-0.25, -0.2) is 15.0 Å². The second-order valence-corrected chi connectivity index (χ2v) is 5.77. The lowest BCUT2D eigenvalue weighted by Crippen LogP contribution is -2.28. The van der Waals surface area contributed by atoms with Gasteiger partial charge in [-0.15, -0.1) is 0 Å². The minimum atomic E-state index is -4.51. The van der Waals surface area contributed by atoms with Gasteiger partial charge in [-0.1, -0.05) is 0 Å². The second-order valence-electron chi connectivity index (χ2n) is 5.77. The van der Waals surface area contributed by atoms with Crippen LogP contribution < -0.4 is 10.2 Å². The third-order valence-corrected chi connectivity index (χ3v) is 3.90. The van der Waals surface area contributed by atoms with Gasteiger partial charge in [0.25, 0.3) is 0 Å². The molecule has 6 nitrogen and oxygen atoms in total. The van der Waals surface area contributed by atoms with Crippen molar-refractivity contribution in [3.05, 3.63) is 41.3 Å². The van der Waals surface area contributed by atoms with Crippen molar-refractivity contribution in [2.24, 2.45) is 0 Å². The van der Waals surface area contributed by atoms with E-state index < -0.39 is 11.9 Å². The summed E-state index contributed by atoms with van der Waals surface area (Å²) in [5.74, 6) is 0.538. The van der Waals surface area contributed by atoms with Crippen molar-refractivity contribution >= 4 is 11.8 Å². The summed E-state index contributed by atoms with van der Waals surface area (Å²) in [4.78, 5) is 13.7. The van der Waals surface area contributed by atoms with Gasteiger partial charge in [0.15, 0.2) is 0 Å². The van der Waals surface area contributed by atoms with Crippen molar-refractivity contribution in [1.29, 1.82) is 5.26 Å². The standard InChI is InChI=1S/C16H15F3N6/c1-10-2-3-11(8-20)14(22-10)25-7-5-12(9-25)23-15-21-6-4-13(24-15)16(17,18)19/h2-4,6,12H,5,7,9H2,1H3,(H,21,23,24). The van der Waals surface area contributed by atoms with Gasteiger partial charge >= 0.3 is 6.18 Å². The quantitative estimate of drug-likeness (QED) is 0.919. The third kappa shape index (κ3) is 3.79. The van der Waals surface area contributed by atoms with Gasteiger partial charge in [-0.05, 0) is 31.5 Å². The van der Waals surface area contributed by atoms with Gasteiger partial charge < -0.3 is 10.2 Å². The minimum absolute atomic E-state index is 0.0561. The number of rotatable bonds is 3. The lowest BCUT2D eigenvalue weighted by molar-refractivity contribution is -0.141. The van der Waals surface area contributed by atoms with Crippen molar-refractivity contribution in [2.75, 3.05) is 23.3 Å². The summed E-state index contributed by atoms with van der Waals surface area (Å²) < 4.78 is 38.2. The van der Waals surface area contributed by atoms with Crippen molar-refractivity contribution in [2.45, 2.75) is 25.6 Å². The van der Waals surface area contributed by atoms with Crippen LogP contribution in [0, 0.1) is 18.3 Å². The van der Waals surface area contributed by atoms with Crippen LogP contribution in [-0.4, -0.2) is 34.1 Å². The van der Waals surface area contributed by atoms with Gasteiger partial charge in [0.2, 0.25) is 5.95 Å². The average Bonchev–Trinajstić information content (AvgIpc) is 3.02. The monoisotopic (exact) mass is 348 g/mol. The van der Waals surface area contributed by atoms with E-state index in [1.54, 1.807) is 12.1 Å². The Hall–Kier alpha value is -2.89. The molecule has 0 saturated carbocycles. The summed E-state index contributed by atoms with van der Waals surface area (Å²) >= 11 is 0. The van der Waals surface area contributed by atoms with Crippen LogP contribution in [-0.2, 0) is 6.18 Å². The maximum Gasteiger partial charge on any atom is 0.433 e. The predicted octanol–water partition coefficient (Wildman–Crippen LogP) is 2.76. The molecule has 1 unspecified atom stereocenters. The van der Waals surface area contributed by atoms with Crippen molar-refractivity contribution in [1.82, 2.24) is 15.0 Å². The number of aryl methyl sites for hydroxylation is 1. The molecule has 2 aromatic heterocycles. The Morgan fingerprint density at radius 3 is 2.80 bits per heavy atom. The number of anilines is 2. The molecule has 1 N–H and O–H groups in total. The topological polar surface area (TPSA) is 77.7 Å². The third-order valence-electron chi connectivity index (χ3n) is 3.90. The summed E-state index contributed by atoms with van der Waals surface area (Å²) in [6.07, 6.45) is -2.74. The Labute approximate surface area is 142 Å². The zero-order chi connectivity index (χ0) is 18.0. The summed E-state index contributed by atoms with van der Waals surface area (Å²) in [5, 5.41) is 12.1. The first-order valence-corrected chi connectivity index (χ1v) is 7.66. The maximum atomic E-state index is 12.7. The van der Waals surface area contributed by atoms with Gasteiger partial charge in [0, 0.05) is 31.0 Å². The van der Waals surface area contributed by atoms with Crippen LogP contribution in [0.5, 0.6) is 0 Å². The van der Waals surface area contributed by atoms with Crippen molar-refractivity contribution in [3.63, 3.8) is 0 Å². The molecule has 0 spiro atoms. The second kappa shape index (κ2) is 6.55. The van der Waals surface area contributed by atoms with Gasteiger partial charge in [0.1, 0.15) is 17.6 Å². The van der Waals surface area contributed by atoms with Gasteiger partial charge in [-0.2, -0.15) is 18.4 Å². The maximum absolute atomic E-state index is 12.7. The fourth-order valence-corrected chi connectivity index (χ4v) is 2.71. The number of aromatic nitrogens is 3. The van der Waals surface area contributed by atoms with E-state index in [4.69, 9.17) is 0 Å². The summed E-state index contributed by atoms with van der Waals surface area (Å²) in [6.45, 7) is 2.99. The number of nitrogens with one attached hydrogen (secondary N) is 1. The van der Waals surface area contributed by atoms with Crippen LogP contribution in [0.1, 0.15) is 23.4 Å². The van der Waals surface area contributed by atoms with Gasteiger partial charge in [-0.3, -0.25) is 0 Å². The summed E-state index contributed by atoms with van der Waals surface area (Å²) in [5.41, 5.74) is 0.292. The highest BCUT2D eigenvalue weighted by atomic mass is 19.4. The molecule has 25 heavy (non-hydrogen) atoms. The normalized spacial score (nSPS) is 17.4. The van der Waals surface area contributed by atoms with Crippen LogP contribution in [0.15, 0.2) is 24.4 Å². The number of hydrogen-bond donors (Lipinski definition) is 1. The highest BCUT2D eigenvalue weighted by molar-refractivity contribution is 5.55. The van der Waals surface area contributed by atoms with Crippen LogP contribution in [0.4, 0.5) is 24.9 Å². The molecule has 2 aromatic rings. The number of halogens is 3. The van der Waals surface area contributed by atoms with Crippen LogP contribution >= 0.6 is 0 Å². The van der Waals surface area contributed by atoms with E-state index in [0.29, 0.717) is 30.9 Å². The average molecular weight is 348 g/mol. The largest absolute Gasteiger partial charge is 0.433 e. The molecule has 0 aliphatic carbocycles. The SMILES string of the molecule is Cc1ccc(C#N)c(N2CCC(Nc3nccc(C(F)(F)F)n3)C2)n1. The van der Waals surface area contributed by atoms with Crippen molar-refractivity contribution in [3.8, 4) is 6.07 Å². The molecule has 3 rings (SSSR count). The van der Waals surface area contributed by atoms with E-state index in [1.807, 2.05) is 11.8 Å². The predicted molar refractivity (Wildman–Crippen MR) is 85.0 cm³/mol. The molecule has 1 saturated heterocycles. The zero-order valence-corrected chi connectivity index (χ0v) is 13.4. The molecule has 0 radical (unpaired) electrons. The molecule has 130 valence electrons. The van der Waals surface area contributed by atoms with Crippen LogP contribution in [0.2, 0.25) is 0 Å². The molecule has 0 aromatic carbocycles. The highest BCUT2D eigenvalue weighted by Gasteiger charge is 2.33. The molecule has 0 amide bonds. The lowest BCUT2D eigenvalue weighted by Gasteiger charge is -2.19. The molecule has 1 aliphatic rings. The smallest absolute Gasteiger partial charge is 0.353 e. The van der Waals surface area contributed by atoms with E-state index in [1.165, 1.54) is 0 Å². The summed E-state index contributed by atoms with van der Waals surface area (Å²) in [6, 6.07) is 6.31. The van der Waals surface area contributed by atoms with Crippen LogP contribution in [0.25, 0.3) is 0 Å². The number of nitrogens with zero attached hydrogens (tertiary/aromatic N) is 5. The first-order chi connectivity index (χ1) is 11.9. The first-order valence-electron chi connectivity index (χ1n) is 7.66. The Balaban J connectivity index is 1.72.